The minimum absolute atomic E-state index is 0.611. The predicted octanol–water partition coefficient (Wildman–Crippen LogP) is 7.17. The summed E-state index contributed by atoms with van der Waals surface area (Å²) in [4.78, 5) is 13.6. The summed E-state index contributed by atoms with van der Waals surface area (Å²) in [5, 5.41) is 0. The number of hydrogen-bond donors (Lipinski definition) is 0. The maximum atomic E-state index is 5.93. The SMILES string of the molecule is C=CN=C(N=Cc1ccccc1)c1ccc(-c2ccc3oc(-c4ccccc4)nc3c2)cc1. The van der Waals surface area contributed by atoms with E-state index in [0.717, 1.165) is 38.9 Å². The topological polar surface area (TPSA) is 50.8 Å². The van der Waals surface area contributed by atoms with E-state index in [4.69, 9.17) is 4.42 Å². The van der Waals surface area contributed by atoms with Crippen LogP contribution in [0.25, 0.3) is 33.7 Å². The second-order valence-electron chi connectivity index (χ2n) is 7.45. The van der Waals surface area contributed by atoms with Crippen molar-refractivity contribution in [3.05, 3.63) is 127 Å². The van der Waals surface area contributed by atoms with Crippen molar-refractivity contribution in [2.24, 2.45) is 9.98 Å². The standard InChI is InChI=1S/C29H21N3O/c1-2-30-28(31-20-21-9-5-3-6-10-21)23-15-13-22(14-16-23)25-17-18-27-26(19-25)32-29(33-27)24-11-7-4-8-12-24/h2-20H,1H2. The van der Waals surface area contributed by atoms with Gasteiger partial charge in [-0.1, -0.05) is 85.4 Å². The summed E-state index contributed by atoms with van der Waals surface area (Å²) in [7, 11) is 0. The highest BCUT2D eigenvalue weighted by molar-refractivity contribution is 6.05. The van der Waals surface area contributed by atoms with Gasteiger partial charge in [0.05, 0.1) is 0 Å². The molecule has 0 unspecified atom stereocenters. The lowest BCUT2D eigenvalue weighted by Crippen LogP contribution is -1.98. The number of aromatic nitrogens is 1. The third-order valence-corrected chi connectivity index (χ3v) is 5.23. The van der Waals surface area contributed by atoms with Crippen LogP contribution in [0.15, 0.2) is 130 Å². The van der Waals surface area contributed by atoms with Crippen molar-refractivity contribution in [1.82, 2.24) is 4.98 Å². The smallest absolute Gasteiger partial charge is 0.227 e. The molecule has 1 aromatic heterocycles. The molecule has 0 bridgehead atoms. The molecule has 0 aliphatic heterocycles. The van der Waals surface area contributed by atoms with Crippen LogP contribution in [0.3, 0.4) is 0 Å². The molecule has 0 saturated carbocycles. The predicted molar refractivity (Wildman–Crippen MR) is 136 cm³/mol. The number of benzene rings is 4. The van der Waals surface area contributed by atoms with Gasteiger partial charge in [0.1, 0.15) is 5.52 Å². The molecule has 1 heterocycles. The average Bonchev–Trinajstić information content (AvgIpc) is 3.31. The van der Waals surface area contributed by atoms with Gasteiger partial charge in [-0.15, -0.1) is 0 Å². The van der Waals surface area contributed by atoms with Gasteiger partial charge in [0.2, 0.25) is 5.89 Å². The van der Waals surface area contributed by atoms with Crippen LogP contribution in [0.4, 0.5) is 0 Å². The molecule has 0 fully saturated rings. The summed E-state index contributed by atoms with van der Waals surface area (Å²) in [6.45, 7) is 3.72. The first-order chi connectivity index (χ1) is 16.3. The van der Waals surface area contributed by atoms with Crippen LogP contribution >= 0.6 is 0 Å². The molecule has 0 amide bonds. The van der Waals surface area contributed by atoms with Crippen LogP contribution in [-0.2, 0) is 0 Å². The van der Waals surface area contributed by atoms with E-state index in [0.29, 0.717) is 11.7 Å². The normalized spacial score (nSPS) is 11.8. The highest BCUT2D eigenvalue weighted by atomic mass is 16.3. The van der Waals surface area contributed by atoms with Crippen LogP contribution in [0, 0.1) is 0 Å². The quantitative estimate of drug-likeness (QED) is 0.220. The Bertz CT molecular complexity index is 1450. The van der Waals surface area contributed by atoms with Gasteiger partial charge in [0.15, 0.2) is 11.4 Å². The molecule has 0 atom stereocenters. The second-order valence-corrected chi connectivity index (χ2v) is 7.45. The lowest BCUT2D eigenvalue weighted by atomic mass is 10.0. The molecule has 158 valence electrons. The molecular weight excluding hydrogens is 406 g/mol. The van der Waals surface area contributed by atoms with E-state index in [1.54, 1.807) is 6.21 Å². The first kappa shape index (κ1) is 20.3. The summed E-state index contributed by atoms with van der Waals surface area (Å²) in [6.07, 6.45) is 3.31. The van der Waals surface area contributed by atoms with Crippen LogP contribution in [0.1, 0.15) is 11.1 Å². The summed E-state index contributed by atoms with van der Waals surface area (Å²) >= 11 is 0. The van der Waals surface area contributed by atoms with E-state index in [1.807, 2.05) is 91.0 Å². The lowest BCUT2D eigenvalue weighted by molar-refractivity contribution is 0.620. The molecule has 5 rings (SSSR count). The Labute approximate surface area is 192 Å². The number of nitrogens with zero attached hydrogens (tertiary/aromatic N) is 3. The molecule has 0 saturated heterocycles. The average molecular weight is 428 g/mol. The van der Waals surface area contributed by atoms with Crippen molar-refractivity contribution in [2.45, 2.75) is 0 Å². The maximum Gasteiger partial charge on any atom is 0.227 e. The number of aliphatic imine (C=N–C) groups is 2. The zero-order valence-electron chi connectivity index (χ0n) is 17.9. The third kappa shape index (κ3) is 4.55. The molecule has 4 nitrogen and oxygen atoms in total. The Balaban J connectivity index is 1.42. The molecule has 0 aliphatic carbocycles. The number of amidine groups is 1. The van der Waals surface area contributed by atoms with Gasteiger partial charge in [-0.25, -0.2) is 15.0 Å². The Kier molecular flexibility index (Phi) is 5.72. The first-order valence-corrected chi connectivity index (χ1v) is 10.6. The van der Waals surface area contributed by atoms with E-state index in [-0.39, 0.29) is 0 Å². The summed E-state index contributed by atoms with van der Waals surface area (Å²) in [5.41, 5.74) is 6.64. The Morgan fingerprint density at radius 3 is 2.18 bits per heavy atom. The van der Waals surface area contributed by atoms with Gasteiger partial charge in [-0.2, -0.15) is 0 Å². The lowest BCUT2D eigenvalue weighted by Gasteiger charge is -2.04. The third-order valence-electron chi connectivity index (χ3n) is 5.23. The van der Waals surface area contributed by atoms with E-state index in [9.17, 15) is 0 Å². The fourth-order valence-electron chi connectivity index (χ4n) is 3.57. The molecule has 4 heteroatoms. The molecular formula is C29H21N3O. The minimum atomic E-state index is 0.611. The van der Waals surface area contributed by atoms with Crippen molar-refractivity contribution in [3.8, 4) is 22.6 Å². The Morgan fingerprint density at radius 1 is 0.758 bits per heavy atom. The molecule has 0 radical (unpaired) electrons. The summed E-state index contributed by atoms with van der Waals surface area (Å²) < 4.78 is 5.93. The van der Waals surface area contributed by atoms with Gasteiger partial charge in [0.25, 0.3) is 0 Å². The Hall–Kier alpha value is -4.57. The van der Waals surface area contributed by atoms with Crippen molar-refractivity contribution < 1.29 is 4.42 Å². The number of oxazole rings is 1. The maximum absolute atomic E-state index is 5.93. The Morgan fingerprint density at radius 2 is 1.45 bits per heavy atom. The van der Waals surface area contributed by atoms with Crippen LogP contribution in [0.2, 0.25) is 0 Å². The van der Waals surface area contributed by atoms with Gasteiger partial charge in [0, 0.05) is 23.5 Å². The number of fused-ring (bicyclic) bond motifs is 1. The van der Waals surface area contributed by atoms with Crippen molar-refractivity contribution in [3.63, 3.8) is 0 Å². The van der Waals surface area contributed by atoms with Crippen molar-refractivity contribution in [1.29, 1.82) is 0 Å². The van der Waals surface area contributed by atoms with Crippen LogP contribution in [0.5, 0.6) is 0 Å². The molecule has 0 N–H and O–H groups in total. The van der Waals surface area contributed by atoms with E-state index >= 15 is 0 Å². The van der Waals surface area contributed by atoms with Gasteiger partial charge in [-0.05, 0) is 41.0 Å². The van der Waals surface area contributed by atoms with Gasteiger partial charge >= 0.3 is 0 Å². The highest BCUT2D eigenvalue weighted by Gasteiger charge is 2.10. The largest absolute Gasteiger partial charge is 0.436 e. The zero-order valence-corrected chi connectivity index (χ0v) is 17.9. The summed E-state index contributed by atoms with van der Waals surface area (Å²) in [5.74, 6) is 1.24. The highest BCUT2D eigenvalue weighted by Crippen LogP contribution is 2.28. The number of rotatable bonds is 5. The molecule has 4 aromatic carbocycles. The van der Waals surface area contributed by atoms with E-state index in [1.165, 1.54) is 6.20 Å². The van der Waals surface area contributed by atoms with Crippen molar-refractivity contribution in [2.75, 3.05) is 0 Å². The minimum Gasteiger partial charge on any atom is -0.436 e. The monoisotopic (exact) mass is 427 g/mol. The van der Waals surface area contributed by atoms with Gasteiger partial charge < -0.3 is 4.42 Å². The van der Waals surface area contributed by atoms with Gasteiger partial charge in [-0.3, -0.25) is 0 Å². The van der Waals surface area contributed by atoms with E-state index in [2.05, 4.69) is 33.7 Å². The van der Waals surface area contributed by atoms with E-state index < -0.39 is 0 Å². The molecule has 5 aromatic rings. The van der Waals surface area contributed by atoms with Crippen molar-refractivity contribution >= 4 is 23.1 Å². The van der Waals surface area contributed by atoms with Crippen LogP contribution < -0.4 is 0 Å². The zero-order chi connectivity index (χ0) is 22.5. The fraction of sp³-hybridized carbons (Fsp3) is 0. The second kappa shape index (κ2) is 9.28. The van der Waals surface area contributed by atoms with Crippen LogP contribution in [-0.4, -0.2) is 17.0 Å². The molecule has 33 heavy (non-hydrogen) atoms. The number of hydrogen-bond acceptors (Lipinski definition) is 3. The first-order valence-electron chi connectivity index (χ1n) is 10.6. The fourth-order valence-corrected chi connectivity index (χ4v) is 3.57. The molecule has 0 aliphatic rings. The molecule has 0 spiro atoms. The summed E-state index contributed by atoms with van der Waals surface area (Å²) in [6, 6.07) is 34.1.